The Morgan fingerprint density at radius 2 is 0.838 bits per heavy atom. The molecule has 2 fully saturated rings. The van der Waals surface area contributed by atoms with Crippen LogP contribution in [0.5, 0.6) is 0 Å². The minimum absolute atomic E-state index is 0.411. The molecule has 0 atom stereocenters. The van der Waals surface area contributed by atoms with Crippen LogP contribution in [0.25, 0.3) is 0 Å². The van der Waals surface area contributed by atoms with Gasteiger partial charge in [-0.05, 0) is 101 Å². The smallest absolute Gasteiger partial charge is 0.416 e. The number of hydrogen-bond donors (Lipinski definition) is 2. The van der Waals surface area contributed by atoms with Crippen molar-refractivity contribution in [3.8, 4) is 0 Å². The summed E-state index contributed by atoms with van der Waals surface area (Å²) in [5.41, 5.74) is 3.06. The summed E-state index contributed by atoms with van der Waals surface area (Å²) in [4.78, 5) is 22.7. The van der Waals surface area contributed by atoms with Gasteiger partial charge in [-0.15, -0.1) is 0 Å². The Kier molecular flexibility index (Phi) is 38.1. The second-order valence-corrected chi connectivity index (χ2v) is 15.3. The van der Waals surface area contributed by atoms with E-state index < -0.39 is 47.2 Å². The first kappa shape index (κ1) is 67.7. The number of piperidine rings is 2. The third kappa shape index (κ3) is 35.5. The van der Waals surface area contributed by atoms with Gasteiger partial charge in [0.15, 0.2) is 0 Å². The molecule has 0 saturated carbocycles. The maximum atomic E-state index is 12.6. The van der Waals surface area contributed by atoms with Crippen LogP contribution in [0.3, 0.4) is 0 Å². The Labute approximate surface area is 404 Å². The lowest BCUT2D eigenvalue weighted by molar-refractivity contribution is -0.138. The molecule has 0 radical (unpaired) electrons. The lowest BCUT2D eigenvalue weighted by Crippen LogP contribution is -2.29. The Bertz CT molecular complexity index is 1800. The Balaban J connectivity index is -0.000000768. The van der Waals surface area contributed by atoms with Crippen molar-refractivity contribution in [3.05, 3.63) is 141 Å². The molecular formula is C52H74ClF9N2O4. The zero-order valence-corrected chi connectivity index (χ0v) is 42.1. The highest BCUT2D eigenvalue weighted by atomic mass is 35.5. The molecule has 2 aliphatic rings. The van der Waals surface area contributed by atoms with E-state index in [1.165, 1.54) is 92.2 Å². The van der Waals surface area contributed by atoms with Gasteiger partial charge in [-0.3, -0.25) is 19.4 Å². The summed E-state index contributed by atoms with van der Waals surface area (Å²) in [6.07, 6.45) is -3.87. The van der Waals surface area contributed by atoms with E-state index in [-0.39, 0.29) is 0 Å². The molecule has 6 nitrogen and oxygen atoms in total. The molecule has 4 aromatic carbocycles. The summed E-state index contributed by atoms with van der Waals surface area (Å²) in [6.45, 7) is 24.9. The number of rotatable bonds is 4. The van der Waals surface area contributed by atoms with Gasteiger partial charge in [0.2, 0.25) is 0 Å². The van der Waals surface area contributed by atoms with Crippen molar-refractivity contribution in [1.29, 1.82) is 0 Å². The van der Waals surface area contributed by atoms with Crippen LogP contribution in [-0.4, -0.2) is 58.1 Å². The van der Waals surface area contributed by atoms with Crippen molar-refractivity contribution >= 4 is 23.5 Å². The minimum atomic E-state index is -4.30. The molecule has 0 unspecified atom stereocenters. The Morgan fingerprint density at radius 3 is 1.15 bits per heavy atom. The van der Waals surface area contributed by atoms with Gasteiger partial charge in [0.05, 0.1) is 16.7 Å². The molecule has 0 aliphatic carbocycles. The fraction of sp³-hybridized carbons (Fsp3) is 0.500. The average Bonchev–Trinajstić information content (AvgIpc) is 3.28. The van der Waals surface area contributed by atoms with Crippen LogP contribution in [0.2, 0.25) is 5.02 Å². The highest BCUT2D eigenvalue weighted by Crippen LogP contribution is 2.33. The summed E-state index contributed by atoms with van der Waals surface area (Å²) < 4.78 is 109. The lowest BCUT2D eigenvalue weighted by atomic mass is 10.0. The van der Waals surface area contributed by atoms with Crippen molar-refractivity contribution < 1.29 is 59.3 Å². The van der Waals surface area contributed by atoms with E-state index in [4.69, 9.17) is 31.4 Å². The first-order valence-corrected chi connectivity index (χ1v) is 23.2. The molecule has 2 heterocycles. The predicted molar refractivity (Wildman–Crippen MR) is 259 cm³/mol. The molecule has 4 aromatic rings. The van der Waals surface area contributed by atoms with Crippen LogP contribution in [0.15, 0.2) is 97.1 Å². The van der Waals surface area contributed by atoms with E-state index in [1.54, 1.807) is 12.1 Å². The normalized spacial score (nSPS) is 13.3. The second-order valence-electron chi connectivity index (χ2n) is 14.9. The van der Waals surface area contributed by atoms with Crippen LogP contribution < -0.4 is 0 Å². The molecule has 0 spiro atoms. The standard InChI is InChI=1S/C14H21N.C13H15ClF3N.2C7H5F3.C3H8.2C2H4O2.2C2H6/c1-12-6-7-13(2)14(10-12)11-15-8-4-3-5-9-15;14-12-5-4-11(13(15,16)17)8-10(12)9-18-6-2-1-3-7-18;2*8-7(9,10)6-4-2-1-3-5-6;1-3-2;2*1-2(3)4;2*1-2/h6-7,10H,3-5,8-9,11H2,1-2H3;4-5,8H,1-3,6-7,9H2;2*1-5H;3H2,1-2H3;2*1H3,(H,3,4);2*1-2H3. The molecule has 2 aliphatic heterocycles. The maximum absolute atomic E-state index is 12.6. The predicted octanol–water partition coefficient (Wildman–Crippen LogP) is 16.7. The van der Waals surface area contributed by atoms with Crippen molar-refractivity contribution in [3.63, 3.8) is 0 Å². The van der Waals surface area contributed by atoms with Crippen molar-refractivity contribution in [2.75, 3.05) is 26.2 Å². The number of aryl methyl sites for hydroxylation is 2. The molecular weight excluding hydrogens is 923 g/mol. The van der Waals surface area contributed by atoms with Crippen molar-refractivity contribution in [1.82, 2.24) is 9.80 Å². The topological polar surface area (TPSA) is 81.1 Å². The van der Waals surface area contributed by atoms with Crippen LogP contribution in [0.4, 0.5) is 39.5 Å². The molecule has 2 N–H and O–H groups in total. The third-order valence-corrected chi connectivity index (χ3v) is 9.13. The molecule has 16 heteroatoms. The average molecular weight is 998 g/mol. The number of hydrogen-bond acceptors (Lipinski definition) is 4. The minimum Gasteiger partial charge on any atom is -0.481 e. The van der Waals surface area contributed by atoms with Crippen LogP contribution >= 0.6 is 11.6 Å². The number of carboxylic acid groups (broad SMARTS) is 2. The summed E-state index contributed by atoms with van der Waals surface area (Å²) in [5, 5.41) is 15.2. The number of aliphatic carboxylic acids is 2. The number of halogens is 10. The number of nitrogens with zero attached hydrogens (tertiary/aromatic N) is 2. The zero-order valence-electron chi connectivity index (χ0n) is 41.3. The maximum Gasteiger partial charge on any atom is 0.416 e. The van der Waals surface area contributed by atoms with E-state index in [9.17, 15) is 39.5 Å². The van der Waals surface area contributed by atoms with Gasteiger partial charge in [-0.25, -0.2) is 0 Å². The number of benzene rings is 4. The number of alkyl halides is 9. The SMILES string of the molecule is CC.CC.CC(=O)O.CC(=O)O.CCC.Cc1ccc(C)c(CN2CCCCC2)c1.FC(F)(F)c1ccc(Cl)c(CN2CCCCC2)c1.FC(F)(F)c1ccccc1.FC(F)(F)c1ccccc1. The summed E-state index contributed by atoms with van der Waals surface area (Å²) >= 11 is 5.97. The van der Waals surface area contributed by atoms with Gasteiger partial charge in [0.1, 0.15) is 0 Å². The fourth-order valence-electron chi connectivity index (χ4n) is 5.81. The van der Waals surface area contributed by atoms with E-state index in [2.05, 4.69) is 55.7 Å². The van der Waals surface area contributed by atoms with Crippen LogP contribution in [0, 0.1) is 13.8 Å². The van der Waals surface area contributed by atoms with Gasteiger partial charge in [0.25, 0.3) is 11.9 Å². The van der Waals surface area contributed by atoms with Gasteiger partial charge in [-0.1, -0.05) is 157 Å². The second kappa shape index (κ2) is 38.3. The first-order chi connectivity index (χ1) is 31.8. The third-order valence-electron chi connectivity index (χ3n) is 8.77. The molecule has 0 aromatic heterocycles. The molecule has 2 saturated heterocycles. The van der Waals surface area contributed by atoms with Crippen molar-refractivity contribution in [2.24, 2.45) is 0 Å². The van der Waals surface area contributed by atoms with Crippen LogP contribution in [0.1, 0.15) is 139 Å². The van der Waals surface area contributed by atoms with Gasteiger partial charge >= 0.3 is 18.5 Å². The monoisotopic (exact) mass is 997 g/mol. The van der Waals surface area contributed by atoms with E-state index in [0.717, 1.165) is 82.7 Å². The molecule has 386 valence electrons. The Morgan fingerprint density at radius 1 is 0.515 bits per heavy atom. The number of carbonyl (C=O) groups is 2. The van der Waals surface area contributed by atoms with Gasteiger partial charge in [0, 0.05) is 32.0 Å². The zero-order chi connectivity index (χ0) is 52.9. The molecule has 68 heavy (non-hydrogen) atoms. The molecule has 0 bridgehead atoms. The quantitative estimate of drug-likeness (QED) is 0.198. The highest BCUT2D eigenvalue weighted by molar-refractivity contribution is 6.31. The largest absolute Gasteiger partial charge is 0.481 e. The lowest BCUT2D eigenvalue weighted by Gasteiger charge is -2.27. The summed E-state index contributed by atoms with van der Waals surface area (Å²) in [5.74, 6) is -1.67. The van der Waals surface area contributed by atoms with E-state index in [1.807, 2.05) is 27.7 Å². The molecule has 6 rings (SSSR count). The number of carboxylic acids is 2. The Hall–Kier alpha value is -4.60. The van der Waals surface area contributed by atoms with Crippen LogP contribution in [-0.2, 0) is 41.2 Å². The fourth-order valence-corrected chi connectivity index (χ4v) is 5.99. The van der Waals surface area contributed by atoms with E-state index in [0.29, 0.717) is 17.1 Å². The van der Waals surface area contributed by atoms with E-state index >= 15 is 0 Å². The highest BCUT2D eigenvalue weighted by Gasteiger charge is 2.32. The van der Waals surface area contributed by atoms with Gasteiger partial charge in [-0.2, -0.15) is 39.5 Å². The van der Waals surface area contributed by atoms with Crippen molar-refractivity contribution in [2.45, 2.75) is 146 Å². The molecule has 0 amide bonds. The number of likely N-dealkylation sites (tertiary alicyclic amines) is 2. The first-order valence-electron chi connectivity index (χ1n) is 22.8. The summed E-state index contributed by atoms with van der Waals surface area (Å²) in [6, 6.07) is 23.0. The summed E-state index contributed by atoms with van der Waals surface area (Å²) in [7, 11) is 0. The van der Waals surface area contributed by atoms with Gasteiger partial charge < -0.3 is 10.2 Å².